The van der Waals surface area contributed by atoms with Gasteiger partial charge in [-0.05, 0) is 18.6 Å². The minimum Gasteiger partial charge on any atom is -0.379 e. The highest BCUT2D eigenvalue weighted by atomic mass is 16.5. The van der Waals surface area contributed by atoms with E-state index < -0.39 is 0 Å². The Morgan fingerprint density at radius 3 is 3.17 bits per heavy atom. The Labute approximate surface area is 136 Å². The molecule has 2 aliphatic heterocycles. The van der Waals surface area contributed by atoms with Crippen molar-refractivity contribution in [3.8, 4) is 0 Å². The summed E-state index contributed by atoms with van der Waals surface area (Å²) in [5.74, 6) is 1.12. The van der Waals surface area contributed by atoms with Crippen LogP contribution in [0.15, 0.2) is 36.9 Å². The number of anilines is 1. The number of rotatable bonds is 4. The molecule has 2 aliphatic rings. The summed E-state index contributed by atoms with van der Waals surface area (Å²) in [6.45, 7) is 3.73. The SMILES string of the molecule is Cn1ccnc1CN1CC[C@]2(C[C@@H](Nc3cccnc3)CO2)C1. The predicted molar refractivity (Wildman–Crippen MR) is 88.0 cm³/mol. The summed E-state index contributed by atoms with van der Waals surface area (Å²) in [6, 6.07) is 4.38. The van der Waals surface area contributed by atoms with Gasteiger partial charge in [0.2, 0.25) is 0 Å². The molecule has 0 radical (unpaired) electrons. The molecule has 122 valence electrons. The number of pyridine rings is 1. The summed E-state index contributed by atoms with van der Waals surface area (Å²) >= 11 is 0. The van der Waals surface area contributed by atoms with Crippen LogP contribution in [0.5, 0.6) is 0 Å². The molecule has 6 heteroatoms. The highest BCUT2D eigenvalue weighted by Crippen LogP contribution is 2.36. The zero-order valence-corrected chi connectivity index (χ0v) is 13.5. The van der Waals surface area contributed by atoms with Crippen molar-refractivity contribution in [3.05, 3.63) is 42.7 Å². The maximum Gasteiger partial charge on any atom is 0.122 e. The van der Waals surface area contributed by atoms with Crippen molar-refractivity contribution in [1.29, 1.82) is 0 Å². The maximum absolute atomic E-state index is 6.21. The first-order valence-corrected chi connectivity index (χ1v) is 8.22. The average molecular weight is 313 g/mol. The molecular formula is C17H23N5O. The van der Waals surface area contributed by atoms with Crippen molar-refractivity contribution in [3.63, 3.8) is 0 Å². The summed E-state index contributed by atoms with van der Waals surface area (Å²) in [6.07, 6.45) is 9.68. The Hall–Kier alpha value is -1.92. The van der Waals surface area contributed by atoms with Crippen LogP contribution < -0.4 is 5.32 Å². The quantitative estimate of drug-likeness (QED) is 0.930. The molecule has 4 rings (SSSR count). The average Bonchev–Trinajstić information content (AvgIpc) is 3.25. The first-order chi connectivity index (χ1) is 11.2. The Morgan fingerprint density at radius 2 is 2.39 bits per heavy atom. The largest absolute Gasteiger partial charge is 0.379 e. The lowest BCUT2D eigenvalue weighted by Gasteiger charge is -2.23. The van der Waals surface area contributed by atoms with Gasteiger partial charge in [0.05, 0.1) is 30.5 Å². The first kappa shape index (κ1) is 14.7. The second kappa shape index (κ2) is 5.94. The fourth-order valence-corrected chi connectivity index (χ4v) is 3.72. The smallest absolute Gasteiger partial charge is 0.122 e. The Bertz CT molecular complexity index is 658. The molecule has 0 aromatic carbocycles. The number of nitrogens with one attached hydrogen (secondary N) is 1. The van der Waals surface area contributed by atoms with Crippen LogP contribution in [0.2, 0.25) is 0 Å². The van der Waals surface area contributed by atoms with Crippen molar-refractivity contribution in [2.75, 3.05) is 25.0 Å². The van der Waals surface area contributed by atoms with Gasteiger partial charge in [-0.25, -0.2) is 4.98 Å². The normalized spacial score (nSPS) is 27.8. The molecule has 2 aromatic rings. The van der Waals surface area contributed by atoms with E-state index >= 15 is 0 Å². The molecule has 1 N–H and O–H groups in total. The standard InChI is InChI=1S/C17H23N5O/c1-21-8-6-19-16(21)11-22-7-4-17(13-22)9-15(12-23-17)20-14-3-2-5-18-10-14/h2-3,5-6,8,10,15,20H,4,7,9,11-13H2,1H3/t15-,17+/m1/s1. The van der Waals surface area contributed by atoms with Crippen molar-refractivity contribution in [2.24, 2.45) is 7.05 Å². The van der Waals surface area contributed by atoms with Gasteiger partial charge in [0, 0.05) is 51.3 Å². The van der Waals surface area contributed by atoms with Crippen molar-refractivity contribution in [1.82, 2.24) is 19.4 Å². The molecular weight excluding hydrogens is 290 g/mol. The third-order valence-corrected chi connectivity index (χ3v) is 4.92. The lowest BCUT2D eigenvalue weighted by Crippen LogP contribution is -2.33. The van der Waals surface area contributed by atoms with Gasteiger partial charge in [-0.3, -0.25) is 9.88 Å². The molecule has 0 saturated carbocycles. The van der Waals surface area contributed by atoms with Gasteiger partial charge in [-0.15, -0.1) is 0 Å². The Balaban J connectivity index is 1.35. The minimum absolute atomic E-state index is 0.00500. The number of imidazole rings is 1. The van der Waals surface area contributed by atoms with Gasteiger partial charge < -0.3 is 14.6 Å². The number of aryl methyl sites for hydroxylation is 1. The molecule has 0 aliphatic carbocycles. The fraction of sp³-hybridized carbons (Fsp3) is 0.529. The van der Waals surface area contributed by atoms with E-state index in [-0.39, 0.29) is 5.60 Å². The van der Waals surface area contributed by atoms with Gasteiger partial charge in [-0.1, -0.05) is 0 Å². The van der Waals surface area contributed by atoms with E-state index in [2.05, 4.69) is 30.8 Å². The first-order valence-electron chi connectivity index (χ1n) is 8.22. The lowest BCUT2D eigenvalue weighted by atomic mass is 9.97. The zero-order chi connectivity index (χ0) is 15.7. The van der Waals surface area contributed by atoms with E-state index in [0.717, 1.165) is 50.6 Å². The van der Waals surface area contributed by atoms with Gasteiger partial charge in [-0.2, -0.15) is 0 Å². The third kappa shape index (κ3) is 3.09. The molecule has 1 spiro atoms. The monoisotopic (exact) mass is 313 g/mol. The topological polar surface area (TPSA) is 55.2 Å². The van der Waals surface area contributed by atoms with Crippen LogP contribution in [0.3, 0.4) is 0 Å². The van der Waals surface area contributed by atoms with Crippen molar-refractivity contribution < 1.29 is 4.74 Å². The summed E-state index contributed by atoms with van der Waals surface area (Å²) < 4.78 is 8.30. The molecule has 23 heavy (non-hydrogen) atoms. The van der Waals surface area contributed by atoms with Gasteiger partial charge >= 0.3 is 0 Å². The van der Waals surface area contributed by atoms with Crippen LogP contribution in [-0.2, 0) is 18.3 Å². The van der Waals surface area contributed by atoms with E-state index in [4.69, 9.17) is 4.74 Å². The number of hydrogen-bond donors (Lipinski definition) is 1. The molecule has 4 heterocycles. The van der Waals surface area contributed by atoms with Crippen LogP contribution >= 0.6 is 0 Å². The summed E-state index contributed by atoms with van der Waals surface area (Å²) in [4.78, 5) is 11.0. The van der Waals surface area contributed by atoms with Crippen molar-refractivity contribution in [2.45, 2.75) is 31.0 Å². The summed E-state index contributed by atoms with van der Waals surface area (Å²) in [7, 11) is 2.05. The number of hydrogen-bond acceptors (Lipinski definition) is 5. The molecule has 0 amide bonds. The number of ether oxygens (including phenoxy) is 1. The van der Waals surface area contributed by atoms with Gasteiger partial charge in [0.25, 0.3) is 0 Å². The molecule has 0 bridgehead atoms. The van der Waals surface area contributed by atoms with Crippen molar-refractivity contribution >= 4 is 5.69 Å². The number of likely N-dealkylation sites (tertiary alicyclic amines) is 1. The minimum atomic E-state index is 0.00500. The molecule has 0 unspecified atom stereocenters. The number of nitrogens with zero attached hydrogens (tertiary/aromatic N) is 4. The molecule has 2 fully saturated rings. The second-order valence-electron chi connectivity index (χ2n) is 6.70. The second-order valence-corrected chi connectivity index (χ2v) is 6.70. The van der Waals surface area contributed by atoms with E-state index in [1.54, 1.807) is 6.20 Å². The Morgan fingerprint density at radius 1 is 1.43 bits per heavy atom. The van der Waals surface area contributed by atoms with E-state index in [1.165, 1.54) is 0 Å². The molecule has 2 atom stereocenters. The van der Waals surface area contributed by atoms with Crippen LogP contribution in [0.4, 0.5) is 5.69 Å². The predicted octanol–water partition coefficient (Wildman–Crippen LogP) is 1.66. The highest BCUT2D eigenvalue weighted by Gasteiger charge is 2.45. The summed E-state index contributed by atoms with van der Waals surface area (Å²) in [5.41, 5.74) is 1.08. The zero-order valence-electron chi connectivity index (χ0n) is 13.5. The molecule has 6 nitrogen and oxygen atoms in total. The molecule has 2 saturated heterocycles. The highest BCUT2D eigenvalue weighted by molar-refractivity contribution is 5.41. The van der Waals surface area contributed by atoms with Gasteiger partial charge in [0.15, 0.2) is 0 Å². The summed E-state index contributed by atoms with van der Waals surface area (Å²) in [5, 5.41) is 3.54. The molecule has 2 aromatic heterocycles. The van der Waals surface area contributed by atoms with Crippen LogP contribution in [0.25, 0.3) is 0 Å². The van der Waals surface area contributed by atoms with Crippen LogP contribution in [-0.4, -0.2) is 50.8 Å². The number of aromatic nitrogens is 3. The van der Waals surface area contributed by atoms with E-state index in [0.29, 0.717) is 6.04 Å². The van der Waals surface area contributed by atoms with E-state index in [9.17, 15) is 0 Å². The van der Waals surface area contributed by atoms with E-state index in [1.807, 2.05) is 31.7 Å². The maximum atomic E-state index is 6.21. The fourth-order valence-electron chi connectivity index (χ4n) is 3.72. The lowest BCUT2D eigenvalue weighted by molar-refractivity contribution is 0.0117. The van der Waals surface area contributed by atoms with Gasteiger partial charge in [0.1, 0.15) is 5.82 Å². The van der Waals surface area contributed by atoms with Crippen LogP contribution in [0.1, 0.15) is 18.7 Å². The third-order valence-electron chi connectivity index (χ3n) is 4.92. The van der Waals surface area contributed by atoms with Crippen LogP contribution in [0, 0.1) is 0 Å². The Kier molecular flexibility index (Phi) is 3.79.